The molecule has 4 aromatic rings. The standard InChI is InChI=1S/C20H14F3N5O4S/c21-20(22,23)12-5-6-15(28-11-24-10-25-28)14(7-12)26-17(29)8-31-18(30)9-33-19-27-13-3-1-2-4-16(13)32-19/h1-7,10-11H,8-9H2,(H,26,29). The van der Waals surface area contributed by atoms with Gasteiger partial charge >= 0.3 is 12.1 Å². The fourth-order valence-electron chi connectivity index (χ4n) is 2.75. The number of benzene rings is 2. The summed E-state index contributed by atoms with van der Waals surface area (Å²) < 4.78 is 50.8. The molecule has 0 bridgehead atoms. The lowest BCUT2D eigenvalue weighted by atomic mass is 10.1. The van der Waals surface area contributed by atoms with Crippen LogP contribution in [0, 0.1) is 0 Å². The van der Waals surface area contributed by atoms with E-state index in [1.165, 1.54) is 17.3 Å². The lowest BCUT2D eigenvalue weighted by Crippen LogP contribution is -2.22. The van der Waals surface area contributed by atoms with Crippen LogP contribution < -0.4 is 5.32 Å². The number of hydrogen-bond acceptors (Lipinski definition) is 8. The van der Waals surface area contributed by atoms with Gasteiger partial charge < -0.3 is 14.5 Å². The lowest BCUT2D eigenvalue weighted by Gasteiger charge is -2.14. The number of para-hydroxylation sites is 2. The van der Waals surface area contributed by atoms with Crippen molar-refractivity contribution < 1.29 is 31.9 Å². The van der Waals surface area contributed by atoms with Gasteiger partial charge in [0.1, 0.15) is 23.9 Å². The molecular weight excluding hydrogens is 463 g/mol. The number of carbonyl (C=O) groups is 2. The van der Waals surface area contributed by atoms with Gasteiger partial charge in [-0.15, -0.1) is 0 Å². The summed E-state index contributed by atoms with van der Waals surface area (Å²) in [7, 11) is 0. The molecule has 0 unspecified atom stereocenters. The van der Waals surface area contributed by atoms with Gasteiger partial charge in [0.2, 0.25) is 0 Å². The first-order chi connectivity index (χ1) is 15.8. The van der Waals surface area contributed by atoms with Crippen molar-refractivity contribution in [2.45, 2.75) is 11.4 Å². The molecule has 0 atom stereocenters. The first-order valence-electron chi connectivity index (χ1n) is 9.30. The van der Waals surface area contributed by atoms with Gasteiger partial charge in [-0.3, -0.25) is 9.59 Å². The normalized spacial score (nSPS) is 11.5. The molecule has 2 aromatic carbocycles. The van der Waals surface area contributed by atoms with Gasteiger partial charge in [0.25, 0.3) is 11.1 Å². The molecule has 2 heterocycles. The van der Waals surface area contributed by atoms with Gasteiger partial charge in [0.05, 0.1) is 16.9 Å². The Kier molecular flexibility index (Phi) is 6.31. The molecule has 0 saturated carbocycles. The number of halogens is 3. The third-order valence-corrected chi connectivity index (χ3v) is 5.02. The van der Waals surface area contributed by atoms with Crippen LogP contribution in [0.1, 0.15) is 5.56 Å². The van der Waals surface area contributed by atoms with Crippen molar-refractivity contribution in [3.63, 3.8) is 0 Å². The van der Waals surface area contributed by atoms with Crippen molar-refractivity contribution in [3.05, 3.63) is 60.7 Å². The Bertz CT molecular complexity index is 1260. The highest BCUT2D eigenvalue weighted by Gasteiger charge is 2.31. The molecule has 0 spiro atoms. The summed E-state index contributed by atoms with van der Waals surface area (Å²) in [5.74, 6) is -1.72. The van der Waals surface area contributed by atoms with E-state index in [0.29, 0.717) is 11.1 Å². The Balaban J connectivity index is 1.36. The molecule has 0 fully saturated rings. The number of carbonyl (C=O) groups excluding carboxylic acids is 2. The number of esters is 1. The third-order valence-electron chi connectivity index (χ3n) is 4.22. The summed E-state index contributed by atoms with van der Waals surface area (Å²) >= 11 is 0.988. The van der Waals surface area contributed by atoms with Gasteiger partial charge in [-0.05, 0) is 30.3 Å². The fourth-order valence-corrected chi connectivity index (χ4v) is 3.39. The number of thioether (sulfide) groups is 1. The first kappa shape index (κ1) is 22.3. The zero-order valence-electron chi connectivity index (χ0n) is 16.6. The number of oxazole rings is 1. The Labute approximate surface area is 187 Å². The van der Waals surface area contributed by atoms with Crippen LogP contribution in [0.25, 0.3) is 16.8 Å². The minimum Gasteiger partial charge on any atom is -0.455 e. The minimum atomic E-state index is -4.62. The van der Waals surface area contributed by atoms with E-state index < -0.39 is 30.2 Å². The first-order valence-corrected chi connectivity index (χ1v) is 10.3. The van der Waals surface area contributed by atoms with Crippen LogP contribution >= 0.6 is 11.8 Å². The van der Waals surface area contributed by atoms with Crippen LogP contribution in [0.15, 0.2) is 64.8 Å². The lowest BCUT2D eigenvalue weighted by molar-refractivity contribution is -0.144. The molecule has 0 aliphatic rings. The quantitative estimate of drug-likeness (QED) is 0.317. The van der Waals surface area contributed by atoms with Crippen LogP contribution in [0.3, 0.4) is 0 Å². The number of amides is 1. The summed E-state index contributed by atoms with van der Waals surface area (Å²) in [5, 5.41) is 6.44. The van der Waals surface area contributed by atoms with Gasteiger partial charge in [-0.2, -0.15) is 18.3 Å². The predicted octanol–water partition coefficient (Wildman–Crippen LogP) is 3.70. The highest BCUT2D eigenvalue weighted by molar-refractivity contribution is 7.99. The minimum absolute atomic E-state index is 0.159. The third kappa shape index (κ3) is 5.49. The van der Waals surface area contributed by atoms with E-state index in [4.69, 9.17) is 9.15 Å². The summed E-state index contributed by atoms with van der Waals surface area (Å²) in [6.07, 6.45) is -2.16. The fraction of sp³-hybridized carbons (Fsp3) is 0.150. The second kappa shape index (κ2) is 9.32. The maximum Gasteiger partial charge on any atom is 0.416 e. The summed E-state index contributed by atoms with van der Waals surface area (Å²) in [6.45, 7) is -0.694. The zero-order chi connectivity index (χ0) is 23.4. The highest BCUT2D eigenvalue weighted by atomic mass is 32.2. The molecule has 1 N–H and O–H groups in total. The van der Waals surface area contributed by atoms with Crippen LogP contribution in [0.4, 0.5) is 18.9 Å². The van der Waals surface area contributed by atoms with Gasteiger partial charge in [0.15, 0.2) is 12.2 Å². The highest BCUT2D eigenvalue weighted by Crippen LogP contribution is 2.33. The second-order valence-electron chi connectivity index (χ2n) is 6.51. The number of fused-ring (bicyclic) bond motifs is 1. The van der Waals surface area contributed by atoms with Crippen LogP contribution in [0.5, 0.6) is 0 Å². The number of hydrogen-bond donors (Lipinski definition) is 1. The average molecular weight is 477 g/mol. The van der Waals surface area contributed by atoms with E-state index in [1.807, 2.05) is 0 Å². The second-order valence-corrected chi connectivity index (χ2v) is 7.44. The largest absolute Gasteiger partial charge is 0.455 e. The molecule has 0 aliphatic carbocycles. The Morgan fingerprint density at radius 3 is 2.73 bits per heavy atom. The van der Waals surface area contributed by atoms with Gasteiger partial charge in [-0.25, -0.2) is 14.6 Å². The molecular formula is C20H14F3N5O4S. The number of rotatable bonds is 7. The Morgan fingerprint density at radius 1 is 1.18 bits per heavy atom. The molecule has 0 saturated heterocycles. The molecule has 4 rings (SSSR count). The Hall–Kier alpha value is -3.87. The molecule has 0 radical (unpaired) electrons. The average Bonchev–Trinajstić information content (AvgIpc) is 3.45. The van der Waals surface area contributed by atoms with Crippen molar-refractivity contribution in [1.29, 1.82) is 0 Å². The molecule has 13 heteroatoms. The van der Waals surface area contributed by atoms with Crippen molar-refractivity contribution >= 4 is 40.4 Å². The number of nitrogens with zero attached hydrogens (tertiary/aromatic N) is 4. The summed E-state index contributed by atoms with van der Waals surface area (Å²) in [5.41, 5.74) is 0.228. The van der Waals surface area contributed by atoms with Gasteiger partial charge in [-0.1, -0.05) is 23.9 Å². The smallest absolute Gasteiger partial charge is 0.416 e. The molecule has 2 aromatic heterocycles. The van der Waals surface area contributed by atoms with Crippen LogP contribution in [0.2, 0.25) is 0 Å². The Morgan fingerprint density at radius 2 is 2.00 bits per heavy atom. The number of aromatic nitrogens is 4. The van der Waals surface area contributed by atoms with E-state index >= 15 is 0 Å². The molecule has 1 amide bonds. The molecule has 170 valence electrons. The maximum atomic E-state index is 13.1. The van der Waals surface area contributed by atoms with E-state index in [-0.39, 0.29) is 22.4 Å². The van der Waals surface area contributed by atoms with Crippen molar-refractivity contribution in [1.82, 2.24) is 19.7 Å². The van der Waals surface area contributed by atoms with E-state index in [1.54, 1.807) is 24.3 Å². The number of anilines is 1. The van der Waals surface area contributed by atoms with Crippen molar-refractivity contribution in [2.75, 3.05) is 17.7 Å². The number of ether oxygens (including phenoxy) is 1. The molecule has 0 aliphatic heterocycles. The van der Waals surface area contributed by atoms with Crippen molar-refractivity contribution in [3.8, 4) is 5.69 Å². The van der Waals surface area contributed by atoms with E-state index in [9.17, 15) is 22.8 Å². The van der Waals surface area contributed by atoms with Crippen molar-refractivity contribution in [2.24, 2.45) is 0 Å². The number of alkyl halides is 3. The predicted molar refractivity (Wildman–Crippen MR) is 111 cm³/mol. The van der Waals surface area contributed by atoms with E-state index in [2.05, 4.69) is 20.4 Å². The van der Waals surface area contributed by atoms with Gasteiger partial charge in [0, 0.05) is 0 Å². The topological polar surface area (TPSA) is 112 Å². The summed E-state index contributed by atoms with van der Waals surface area (Å²) in [6, 6.07) is 9.84. The maximum absolute atomic E-state index is 13.1. The molecule has 33 heavy (non-hydrogen) atoms. The summed E-state index contributed by atoms with van der Waals surface area (Å²) in [4.78, 5) is 32.1. The van der Waals surface area contributed by atoms with Crippen LogP contribution in [-0.2, 0) is 20.5 Å². The zero-order valence-corrected chi connectivity index (χ0v) is 17.4. The monoisotopic (exact) mass is 477 g/mol. The number of nitrogens with one attached hydrogen (secondary N) is 1. The van der Waals surface area contributed by atoms with E-state index in [0.717, 1.165) is 30.0 Å². The molecule has 9 nitrogen and oxygen atoms in total. The SMILES string of the molecule is O=C(COC(=O)CSc1nc2ccccc2o1)Nc1cc(C(F)(F)F)ccc1-n1cncn1. The van der Waals surface area contributed by atoms with Crippen LogP contribution in [-0.4, -0.2) is 44.0 Å².